The average molecular weight is 434 g/mol. The molecule has 3 heterocycles. The van der Waals surface area contributed by atoms with E-state index in [1.165, 1.54) is 5.69 Å². The van der Waals surface area contributed by atoms with E-state index in [0.29, 0.717) is 12.3 Å². The highest BCUT2D eigenvalue weighted by Gasteiger charge is 2.16. The Morgan fingerprint density at radius 3 is 2.62 bits per heavy atom. The number of nitrogens with zero attached hydrogens (tertiary/aromatic N) is 5. The van der Waals surface area contributed by atoms with E-state index in [0.717, 1.165) is 69.1 Å². The van der Waals surface area contributed by atoms with E-state index < -0.39 is 0 Å². The molecule has 0 unspecified atom stereocenters. The highest BCUT2D eigenvalue weighted by Crippen LogP contribution is 2.17. The van der Waals surface area contributed by atoms with Crippen LogP contribution in [0.1, 0.15) is 42.6 Å². The van der Waals surface area contributed by atoms with Gasteiger partial charge in [0.05, 0.1) is 6.54 Å². The lowest BCUT2D eigenvalue weighted by Gasteiger charge is -2.36. The fourth-order valence-corrected chi connectivity index (χ4v) is 3.98. The Bertz CT molecular complexity index is 1040. The predicted octanol–water partition coefficient (Wildman–Crippen LogP) is 2.78. The first-order valence-corrected chi connectivity index (χ1v) is 11.4. The Hall–Kier alpha value is -3.08. The molecule has 0 spiro atoms. The lowest BCUT2D eigenvalue weighted by atomic mass is 10.1. The maximum Gasteiger partial charge on any atom is 0.210 e. The molecule has 1 saturated heterocycles. The Kier molecular flexibility index (Phi) is 7.59. The van der Waals surface area contributed by atoms with E-state index in [4.69, 9.17) is 9.63 Å². The number of aromatic nitrogens is 3. The van der Waals surface area contributed by atoms with Crippen molar-refractivity contribution in [3.05, 3.63) is 65.6 Å². The van der Waals surface area contributed by atoms with Crippen LogP contribution < -0.4 is 4.90 Å². The third-order valence-electron chi connectivity index (χ3n) is 5.83. The Morgan fingerprint density at radius 1 is 1.06 bits per heavy atom. The van der Waals surface area contributed by atoms with Gasteiger partial charge in [-0.05, 0) is 49.6 Å². The molecule has 7 nitrogen and oxygen atoms in total. The minimum absolute atomic E-state index is 0.290. The van der Waals surface area contributed by atoms with Crippen molar-refractivity contribution in [3.63, 3.8) is 0 Å². The first-order chi connectivity index (χ1) is 15.7. The molecule has 32 heavy (non-hydrogen) atoms. The zero-order valence-corrected chi connectivity index (χ0v) is 18.7. The van der Waals surface area contributed by atoms with Crippen molar-refractivity contribution in [1.82, 2.24) is 19.6 Å². The van der Waals surface area contributed by atoms with Crippen LogP contribution in [-0.2, 0) is 13.0 Å². The van der Waals surface area contributed by atoms with Gasteiger partial charge < -0.3 is 19.1 Å². The quantitative estimate of drug-likeness (QED) is 0.435. The Labute approximate surface area is 189 Å². The second kappa shape index (κ2) is 11.0. The zero-order valence-electron chi connectivity index (χ0n) is 18.7. The number of anilines is 1. The molecule has 7 heteroatoms. The fourth-order valence-electron chi connectivity index (χ4n) is 3.98. The molecule has 4 rings (SSSR count). The van der Waals surface area contributed by atoms with Crippen molar-refractivity contribution < 1.29 is 9.63 Å². The van der Waals surface area contributed by atoms with Crippen molar-refractivity contribution in [2.75, 3.05) is 44.2 Å². The first kappa shape index (κ1) is 22.1. The highest BCUT2D eigenvalue weighted by molar-refractivity contribution is 5.51. The maximum atomic E-state index is 8.93. The lowest BCUT2D eigenvalue weighted by Crippen LogP contribution is -2.46. The SMILES string of the molecule is CCc1nccn1Cc1cc(C#Cc2ccc(N3CCN(CCCCO)CC3)cc2)on1. The number of hydrogen-bond donors (Lipinski definition) is 1. The molecule has 0 atom stereocenters. The number of hydrogen-bond acceptors (Lipinski definition) is 6. The third kappa shape index (κ3) is 5.78. The van der Waals surface area contributed by atoms with Crippen LogP contribution in [-0.4, -0.2) is 64.0 Å². The van der Waals surface area contributed by atoms with E-state index in [2.05, 4.69) is 67.5 Å². The average Bonchev–Trinajstić information content (AvgIpc) is 3.48. The zero-order chi connectivity index (χ0) is 22.2. The molecule has 1 aliphatic rings. The van der Waals surface area contributed by atoms with Crippen LogP contribution in [0.4, 0.5) is 5.69 Å². The summed E-state index contributed by atoms with van der Waals surface area (Å²) in [6.45, 7) is 8.29. The van der Waals surface area contributed by atoms with Gasteiger partial charge in [0.2, 0.25) is 5.76 Å². The van der Waals surface area contributed by atoms with Gasteiger partial charge in [0.15, 0.2) is 0 Å². The van der Waals surface area contributed by atoms with Crippen LogP contribution in [0.3, 0.4) is 0 Å². The number of aryl methyl sites for hydroxylation is 1. The standard InChI is InChI=1S/C25H31N5O2/c1-2-25-26-11-13-30(25)20-22-19-24(32-27-22)10-7-21-5-8-23(9-6-21)29-16-14-28(15-17-29)12-3-4-18-31/h5-6,8-9,11,13,19,31H,2-4,12,14-18,20H2,1H3. The summed E-state index contributed by atoms with van der Waals surface area (Å²) in [5.74, 6) is 7.85. The third-order valence-corrected chi connectivity index (χ3v) is 5.83. The van der Waals surface area contributed by atoms with E-state index >= 15 is 0 Å². The summed E-state index contributed by atoms with van der Waals surface area (Å²) < 4.78 is 7.46. The summed E-state index contributed by atoms with van der Waals surface area (Å²) in [4.78, 5) is 9.24. The van der Waals surface area contributed by atoms with Crippen molar-refractivity contribution in [3.8, 4) is 11.8 Å². The van der Waals surface area contributed by atoms with E-state index in [-0.39, 0.29) is 6.61 Å². The molecule has 168 valence electrons. The molecule has 1 aromatic carbocycles. The molecule has 0 saturated carbocycles. The molecule has 1 N–H and O–H groups in total. The summed E-state index contributed by atoms with van der Waals surface area (Å²) in [6.07, 6.45) is 6.61. The highest BCUT2D eigenvalue weighted by atomic mass is 16.5. The van der Waals surface area contributed by atoms with Gasteiger partial charge in [0.25, 0.3) is 0 Å². The van der Waals surface area contributed by atoms with Crippen LogP contribution in [0.25, 0.3) is 0 Å². The van der Waals surface area contributed by atoms with Gasteiger partial charge in [-0.1, -0.05) is 18.0 Å². The number of piperazine rings is 1. The molecule has 1 aliphatic heterocycles. The molecule has 0 aliphatic carbocycles. The maximum absolute atomic E-state index is 8.93. The molecule has 2 aromatic heterocycles. The fraction of sp³-hybridized carbons (Fsp3) is 0.440. The summed E-state index contributed by atoms with van der Waals surface area (Å²) >= 11 is 0. The minimum Gasteiger partial charge on any atom is -0.396 e. The predicted molar refractivity (Wildman–Crippen MR) is 125 cm³/mol. The topological polar surface area (TPSA) is 70.6 Å². The van der Waals surface area contributed by atoms with Crippen LogP contribution in [0.15, 0.2) is 47.2 Å². The molecular weight excluding hydrogens is 402 g/mol. The van der Waals surface area contributed by atoms with Gasteiger partial charge in [-0.2, -0.15) is 0 Å². The minimum atomic E-state index is 0.290. The second-order valence-corrected chi connectivity index (χ2v) is 8.06. The van der Waals surface area contributed by atoms with Gasteiger partial charge >= 0.3 is 0 Å². The Morgan fingerprint density at radius 2 is 1.88 bits per heavy atom. The number of aliphatic hydroxyl groups excluding tert-OH is 1. The van der Waals surface area contributed by atoms with Gasteiger partial charge in [0, 0.05) is 68.9 Å². The lowest BCUT2D eigenvalue weighted by molar-refractivity contribution is 0.232. The largest absolute Gasteiger partial charge is 0.396 e. The van der Waals surface area contributed by atoms with Crippen molar-refractivity contribution in [2.45, 2.75) is 32.7 Å². The van der Waals surface area contributed by atoms with Crippen LogP contribution in [0.2, 0.25) is 0 Å². The summed E-state index contributed by atoms with van der Waals surface area (Å²) in [5.41, 5.74) is 3.03. The normalized spacial score (nSPS) is 14.4. The van der Waals surface area contributed by atoms with Gasteiger partial charge in [-0.25, -0.2) is 4.98 Å². The monoisotopic (exact) mass is 433 g/mol. The van der Waals surface area contributed by atoms with Crippen molar-refractivity contribution >= 4 is 5.69 Å². The van der Waals surface area contributed by atoms with Crippen LogP contribution in [0.5, 0.6) is 0 Å². The van der Waals surface area contributed by atoms with Gasteiger partial charge in [-0.3, -0.25) is 4.90 Å². The number of rotatable bonds is 8. The van der Waals surface area contributed by atoms with Gasteiger partial charge in [0.1, 0.15) is 11.5 Å². The molecule has 0 bridgehead atoms. The molecule has 0 amide bonds. The number of imidazole rings is 1. The second-order valence-electron chi connectivity index (χ2n) is 8.06. The van der Waals surface area contributed by atoms with Crippen LogP contribution in [0, 0.1) is 11.8 Å². The first-order valence-electron chi connectivity index (χ1n) is 11.4. The molecule has 3 aromatic rings. The van der Waals surface area contributed by atoms with E-state index in [9.17, 15) is 0 Å². The summed E-state index contributed by atoms with van der Waals surface area (Å²) in [5, 5.41) is 13.1. The molecular formula is C25H31N5O2. The van der Waals surface area contributed by atoms with Crippen molar-refractivity contribution in [2.24, 2.45) is 0 Å². The summed E-state index contributed by atoms with van der Waals surface area (Å²) in [6, 6.07) is 10.3. The number of unbranched alkanes of at least 4 members (excludes halogenated alkanes) is 1. The molecule has 1 fully saturated rings. The van der Waals surface area contributed by atoms with Crippen LogP contribution >= 0.6 is 0 Å². The Balaban J connectivity index is 1.30. The van der Waals surface area contributed by atoms with E-state index in [1.807, 2.05) is 18.5 Å². The summed E-state index contributed by atoms with van der Waals surface area (Å²) in [7, 11) is 0. The number of benzene rings is 1. The smallest absolute Gasteiger partial charge is 0.210 e. The molecule has 0 radical (unpaired) electrons. The van der Waals surface area contributed by atoms with Gasteiger partial charge in [-0.15, -0.1) is 0 Å². The number of aliphatic hydroxyl groups is 1. The van der Waals surface area contributed by atoms with E-state index in [1.54, 1.807) is 0 Å². The van der Waals surface area contributed by atoms with Crippen molar-refractivity contribution in [1.29, 1.82) is 0 Å².